The summed E-state index contributed by atoms with van der Waals surface area (Å²) >= 11 is 5.45. The number of hydrogen-bond donors (Lipinski definition) is 1. The number of nitrogens with zero attached hydrogens (tertiary/aromatic N) is 1. The third-order valence-corrected chi connectivity index (χ3v) is 3.70. The summed E-state index contributed by atoms with van der Waals surface area (Å²) in [5.74, 6) is -0.167. The standard InChI is InChI=1S/C13H16N2OS/c14-12(16)10-6-8-15(9-7-10)13(17)11-4-2-1-3-5-11/h1-5,10H,6-9H2,(H2,14,16). The second-order valence-corrected chi connectivity index (χ2v) is 4.72. The molecule has 0 saturated carbocycles. The van der Waals surface area contributed by atoms with E-state index in [1.54, 1.807) is 0 Å². The largest absolute Gasteiger partial charge is 0.369 e. The van der Waals surface area contributed by atoms with Gasteiger partial charge in [0, 0.05) is 24.6 Å². The average Bonchev–Trinajstić information content (AvgIpc) is 2.39. The molecule has 1 saturated heterocycles. The summed E-state index contributed by atoms with van der Waals surface area (Å²) in [6, 6.07) is 9.98. The van der Waals surface area contributed by atoms with Crippen LogP contribution in [0.15, 0.2) is 30.3 Å². The van der Waals surface area contributed by atoms with Crippen molar-refractivity contribution in [1.82, 2.24) is 4.90 Å². The highest BCUT2D eigenvalue weighted by Gasteiger charge is 2.24. The van der Waals surface area contributed by atoms with Crippen LogP contribution in [0.5, 0.6) is 0 Å². The zero-order chi connectivity index (χ0) is 12.3. The summed E-state index contributed by atoms with van der Waals surface area (Å²) in [6.45, 7) is 1.64. The maximum Gasteiger partial charge on any atom is 0.220 e. The van der Waals surface area contributed by atoms with Crippen molar-refractivity contribution < 1.29 is 4.79 Å². The molecule has 1 aromatic rings. The molecule has 1 aliphatic heterocycles. The molecule has 0 aromatic heterocycles. The number of nitrogens with two attached hydrogens (primary N) is 1. The zero-order valence-electron chi connectivity index (χ0n) is 9.63. The topological polar surface area (TPSA) is 46.3 Å². The smallest absolute Gasteiger partial charge is 0.220 e. The van der Waals surface area contributed by atoms with Crippen LogP contribution >= 0.6 is 12.2 Å². The Morgan fingerprint density at radius 1 is 1.24 bits per heavy atom. The fraction of sp³-hybridized carbons (Fsp3) is 0.385. The van der Waals surface area contributed by atoms with Crippen molar-refractivity contribution in [2.24, 2.45) is 11.7 Å². The van der Waals surface area contributed by atoms with Crippen molar-refractivity contribution in [3.63, 3.8) is 0 Å². The van der Waals surface area contributed by atoms with Gasteiger partial charge in [0.05, 0.1) is 0 Å². The van der Waals surface area contributed by atoms with Crippen LogP contribution in [-0.4, -0.2) is 28.9 Å². The third kappa shape index (κ3) is 2.82. The molecule has 1 aromatic carbocycles. The highest BCUT2D eigenvalue weighted by Crippen LogP contribution is 2.19. The first-order chi connectivity index (χ1) is 8.18. The number of likely N-dealkylation sites (tertiary alicyclic amines) is 1. The Hall–Kier alpha value is -1.42. The van der Waals surface area contributed by atoms with Gasteiger partial charge in [0.15, 0.2) is 0 Å². The molecule has 4 heteroatoms. The number of carbonyl (C=O) groups excluding carboxylic acids is 1. The molecule has 0 atom stereocenters. The lowest BCUT2D eigenvalue weighted by Crippen LogP contribution is -2.41. The van der Waals surface area contributed by atoms with Crippen molar-refractivity contribution in [2.45, 2.75) is 12.8 Å². The van der Waals surface area contributed by atoms with E-state index in [1.165, 1.54) is 0 Å². The van der Waals surface area contributed by atoms with E-state index in [4.69, 9.17) is 18.0 Å². The highest BCUT2D eigenvalue weighted by molar-refractivity contribution is 7.80. The van der Waals surface area contributed by atoms with Gasteiger partial charge in [0.25, 0.3) is 0 Å². The predicted molar refractivity (Wildman–Crippen MR) is 71.6 cm³/mol. The van der Waals surface area contributed by atoms with Crippen LogP contribution < -0.4 is 5.73 Å². The molecule has 17 heavy (non-hydrogen) atoms. The number of primary amides is 1. The van der Waals surface area contributed by atoms with Crippen molar-refractivity contribution in [3.05, 3.63) is 35.9 Å². The van der Waals surface area contributed by atoms with Crippen LogP contribution in [0.1, 0.15) is 18.4 Å². The van der Waals surface area contributed by atoms with Gasteiger partial charge in [-0.25, -0.2) is 0 Å². The van der Waals surface area contributed by atoms with E-state index in [0.29, 0.717) is 0 Å². The molecule has 1 aliphatic rings. The fourth-order valence-electron chi connectivity index (χ4n) is 2.13. The first-order valence-corrected chi connectivity index (χ1v) is 6.23. The number of piperidine rings is 1. The van der Waals surface area contributed by atoms with Crippen molar-refractivity contribution in [2.75, 3.05) is 13.1 Å². The zero-order valence-corrected chi connectivity index (χ0v) is 10.5. The third-order valence-electron chi connectivity index (χ3n) is 3.21. The van der Waals surface area contributed by atoms with Gasteiger partial charge >= 0.3 is 0 Å². The maximum absolute atomic E-state index is 11.1. The van der Waals surface area contributed by atoms with Crippen molar-refractivity contribution in [3.8, 4) is 0 Å². The maximum atomic E-state index is 11.1. The van der Waals surface area contributed by atoms with Gasteiger partial charge < -0.3 is 10.6 Å². The molecule has 3 nitrogen and oxygen atoms in total. The molecule has 0 radical (unpaired) electrons. The fourth-order valence-corrected chi connectivity index (χ4v) is 2.45. The molecule has 1 heterocycles. The van der Waals surface area contributed by atoms with Gasteiger partial charge in [-0.1, -0.05) is 42.5 Å². The normalized spacial score (nSPS) is 16.8. The predicted octanol–water partition coefficient (Wildman–Crippen LogP) is 1.56. The minimum Gasteiger partial charge on any atom is -0.369 e. The van der Waals surface area contributed by atoms with Gasteiger partial charge in [-0.05, 0) is 12.8 Å². The van der Waals surface area contributed by atoms with Crippen LogP contribution in [0, 0.1) is 5.92 Å². The number of amides is 1. The number of hydrogen-bond acceptors (Lipinski definition) is 2. The number of rotatable bonds is 2. The summed E-state index contributed by atoms with van der Waals surface area (Å²) in [5, 5.41) is 0. The van der Waals surface area contributed by atoms with Gasteiger partial charge in [-0.3, -0.25) is 4.79 Å². The molecule has 0 aliphatic carbocycles. The Bertz CT molecular complexity index is 411. The van der Waals surface area contributed by atoms with Gasteiger partial charge in [0.1, 0.15) is 4.99 Å². The van der Waals surface area contributed by atoms with Crippen molar-refractivity contribution in [1.29, 1.82) is 0 Å². The Morgan fingerprint density at radius 2 is 1.82 bits per heavy atom. The summed E-state index contributed by atoms with van der Waals surface area (Å²) < 4.78 is 0. The number of carbonyl (C=O) groups is 1. The molecule has 1 fully saturated rings. The van der Waals surface area contributed by atoms with Crippen LogP contribution in [0.4, 0.5) is 0 Å². The molecule has 1 amide bonds. The van der Waals surface area contributed by atoms with E-state index < -0.39 is 0 Å². The molecular formula is C13H16N2OS. The quantitative estimate of drug-likeness (QED) is 0.808. The molecule has 2 N–H and O–H groups in total. The lowest BCUT2D eigenvalue weighted by molar-refractivity contribution is -0.122. The summed E-state index contributed by atoms with van der Waals surface area (Å²) in [7, 11) is 0. The lowest BCUT2D eigenvalue weighted by atomic mass is 9.96. The molecule has 0 bridgehead atoms. The van der Waals surface area contributed by atoms with Crippen LogP contribution in [0.3, 0.4) is 0 Å². The number of benzene rings is 1. The SMILES string of the molecule is NC(=O)C1CCN(C(=S)c2ccccc2)CC1. The van der Waals surface area contributed by atoms with Crippen LogP contribution in [-0.2, 0) is 4.79 Å². The van der Waals surface area contributed by atoms with E-state index in [-0.39, 0.29) is 11.8 Å². The van der Waals surface area contributed by atoms with E-state index in [1.807, 2.05) is 30.3 Å². The van der Waals surface area contributed by atoms with Gasteiger partial charge in [-0.15, -0.1) is 0 Å². The average molecular weight is 248 g/mol. The Morgan fingerprint density at radius 3 is 2.35 bits per heavy atom. The summed E-state index contributed by atoms with van der Waals surface area (Å²) in [5.41, 5.74) is 6.38. The van der Waals surface area contributed by atoms with Gasteiger partial charge in [0.2, 0.25) is 5.91 Å². The Labute approximate surface area is 107 Å². The molecular weight excluding hydrogens is 232 g/mol. The molecule has 2 rings (SSSR count). The van der Waals surface area contributed by atoms with Crippen LogP contribution in [0.2, 0.25) is 0 Å². The molecule has 90 valence electrons. The van der Waals surface area contributed by atoms with E-state index in [0.717, 1.165) is 36.5 Å². The van der Waals surface area contributed by atoms with Gasteiger partial charge in [-0.2, -0.15) is 0 Å². The summed E-state index contributed by atoms with van der Waals surface area (Å²) in [4.78, 5) is 14.1. The monoisotopic (exact) mass is 248 g/mol. The highest BCUT2D eigenvalue weighted by atomic mass is 32.1. The van der Waals surface area contributed by atoms with Crippen LogP contribution in [0.25, 0.3) is 0 Å². The molecule has 0 spiro atoms. The Balaban J connectivity index is 1.98. The first kappa shape index (κ1) is 12.0. The number of thiocarbonyl (C=S) groups is 1. The summed E-state index contributed by atoms with van der Waals surface area (Å²) in [6.07, 6.45) is 1.62. The second-order valence-electron chi connectivity index (χ2n) is 4.33. The van der Waals surface area contributed by atoms with E-state index >= 15 is 0 Å². The van der Waals surface area contributed by atoms with E-state index in [2.05, 4.69) is 4.90 Å². The minimum atomic E-state index is -0.185. The second kappa shape index (κ2) is 5.27. The minimum absolute atomic E-state index is 0.0184. The molecule has 0 unspecified atom stereocenters. The first-order valence-electron chi connectivity index (χ1n) is 5.82. The van der Waals surface area contributed by atoms with E-state index in [9.17, 15) is 4.79 Å². The lowest BCUT2D eigenvalue weighted by Gasteiger charge is -2.32. The Kier molecular flexibility index (Phi) is 3.74. The van der Waals surface area contributed by atoms with Crippen molar-refractivity contribution >= 4 is 23.1 Å².